The molecule has 0 heterocycles. The molecule has 342 valence electrons. The molecular formula is C42H30O24. The van der Waals surface area contributed by atoms with E-state index in [4.69, 9.17) is 18.9 Å². The van der Waals surface area contributed by atoms with Gasteiger partial charge >= 0.3 is 71.6 Å². The van der Waals surface area contributed by atoms with Gasteiger partial charge in [0.15, 0.2) is 0 Å². The van der Waals surface area contributed by atoms with Crippen LogP contribution in [0.15, 0.2) is 72.8 Å². The summed E-state index contributed by atoms with van der Waals surface area (Å²) in [4.78, 5) is 148. The van der Waals surface area contributed by atoms with E-state index in [1.165, 1.54) is 0 Å². The molecule has 0 saturated heterocycles. The highest BCUT2D eigenvalue weighted by Crippen LogP contribution is 2.29. The predicted octanol–water partition coefficient (Wildman–Crippen LogP) is 3.38. The van der Waals surface area contributed by atoms with Crippen LogP contribution < -0.4 is 0 Å². The normalized spacial score (nSPS) is 10.7. The van der Waals surface area contributed by atoms with Gasteiger partial charge in [0.25, 0.3) is 0 Å². The molecule has 0 unspecified atom stereocenters. The first kappa shape index (κ1) is 49.2. The fourth-order valence-corrected chi connectivity index (χ4v) is 5.80. The van der Waals surface area contributed by atoms with Crippen LogP contribution in [0.3, 0.4) is 0 Å². The third-order valence-electron chi connectivity index (χ3n) is 9.26. The van der Waals surface area contributed by atoms with Gasteiger partial charge in [-0.05, 0) is 79.2 Å². The lowest BCUT2D eigenvalue weighted by molar-refractivity contribution is -0.0481. The van der Waals surface area contributed by atoms with Gasteiger partial charge in [-0.15, -0.1) is 0 Å². The molecule has 0 spiro atoms. The molecule has 4 aromatic rings. The number of rotatable bonds is 21. The minimum atomic E-state index is -2.26. The van der Waals surface area contributed by atoms with Crippen molar-refractivity contribution in [3.05, 3.63) is 140 Å². The van der Waals surface area contributed by atoms with E-state index in [0.29, 0.717) is 24.3 Å². The second-order valence-electron chi connectivity index (χ2n) is 13.6. The third-order valence-corrected chi connectivity index (χ3v) is 9.26. The Hall–Kier alpha value is -9.48. The number of esters is 4. The Kier molecular flexibility index (Phi) is 15.3. The van der Waals surface area contributed by atoms with Crippen LogP contribution in [-0.4, -0.2) is 139 Å². The molecule has 0 fully saturated rings. The van der Waals surface area contributed by atoms with Crippen LogP contribution >= 0.6 is 0 Å². The Balaban J connectivity index is 1.82. The Morgan fingerprint density at radius 2 is 0.545 bits per heavy atom. The van der Waals surface area contributed by atoms with Crippen molar-refractivity contribution >= 4 is 71.6 Å². The highest BCUT2D eigenvalue weighted by molar-refractivity contribution is 6.07. The Morgan fingerprint density at radius 3 is 0.758 bits per heavy atom. The van der Waals surface area contributed by atoms with Crippen molar-refractivity contribution in [3.63, 3.8) is 0 Å². The predicted molar refractivity (Wildman–Crippen MR) is 210 cm³/mol. The molecule has 24 nitrogen and oxygen atoms in total. The number of carbonyl (C=O) groups excluding carboxylic acids is 4. The smallest absolute Gasteiger partial charge is 0.339 e. The number of hydrogen-bond donors (Lipinski definition) is 8. The van der Waals surface area contributed by atoms with Crippen LogP contribution in [0.25, 0.3) is 0 Å². The van der Waals surface area contributed by atoms with Crippen molar-refractivity contribution in [2.24, 2.45) is 5.41 Å². The van der Waals surface area contributed by atoms with Crippen molar-refractivity contribution in [3.8, 4) is 0 Å². The van der Waals surface area contributed by atoms with Crippen LogP contribution in [0.5, 0.6) is 0 Å². The van der Waals surface area contributed by atoms with Crippen LogP contribution in [0, 0.1) is 5.41 Å². The van der Waals surface area contributed by atoms with E-state index in [1.807, 2.05) is 0 Å². The summed E-state index contributed by atoms with van der Waals surface area (Å²) in [5.74, 6) is -19.5. The topological polar surface area (TPSA) is 404 Å². The molecule has 0 aromatic heterocycles. The number of hydrogen-bond acceptors (Lipinski definition) is 16. The van der Waals surface area contributed by atoms with Crippen LogP contribution in [0.1, 0.15) is 131 Å². The number of ether oxygens (including phenoxy) is 4. The highest BCUT2D eigenvalue weighted by Gasteiger charge is 2.38. The van der Waals surface area contributed by atoms with Gasteiger partial charge in [-0.25, -0.2) is 57.5 Å². The molecule has 4 aromatic carbocycles. The molecule has 8 N–H and O–H groups in total. The first-order chi connectivity index (χ1) is 31.0. The molecule has 0 aliphatic carbocycles. The summed E-state index contributed by atoms with van der Waals surface area (Å²) in [5.41, 5.74) is -11.0. The van der Waals surface area contributed by atoms with E-state index < -0.39 is 177 Å². The maximum Gasteiger partial charge on any atom is 0.339 e. The first-order valence-corrected chi connectivity index (χ1v) is 18.1. The number of aromatic carboxylic acids is 8. The SMILES string of the molecule is O=C(O)c1ccc(C(=O)OCCC(COC(=O)c2ccc(C(=O)O)cc2C(=O)O)(COC(=O)c2ccc(C(=O)O)cc2C(=O)O)COC(=O)c2ccc(C(=O)O)cc2C(=O)O)c(C(=O)O)c1. The van der Waals surface area contributed by atoms with E-state index in [1.54, 1.807) is 0 Å². The average molecular weight is 919 g/mol. The van der Waals surface area contributed by atoms with Crippen molar-refractivity contribution in [1.29, 1.82) is 0 Å². The van der Waals surface area contributed by atoms with Crippen molar-refractivity contribution in [2.75, 3.05) is 26.4 Å². The standard InChI is InChI=1S/C42H30O24/c43-30(44)18-1-5-22(26(11-18)34(51)52)38(59)63-10-9-42(15-64-39(60)23-6-2-19(31(45)46)12-27(23)35(53)54,16-65-40(61)24-7-3-20(32(47)48)13-28(24)36(55)56)17-66-41(62)25-8-4-21(33(49)50)14-29(25)37(57)58/h1-8,11-14H,9-10,15-17H2,(H,43,44)(H,45,46)(H,47,48)(H,49,50)(H,51,52)(H,53,54)(H,55,56)(H,57,58). The van der Waals surface area contributed by atoms with Gasteiger partial charge in [0.1, 0.15) is 19.8 Å². The monoisotopic (exact) mass is 918 g/mol. The molecule has 0 saturated carbocycles. The van der Waals surface area contributed by atoms with Gasteiger partial charge in [-0.1, -0.05) is 0 Å². The zero-order valence-electron chi connectivity index (χ0n) is 33.1. The molecule has 0 radical (unpaired) electrons. The molecular weight excluding hydrogens is 888 g/mol. The van der Waals surface area contributed by atoms with Crippen molar-refractivity contribution in [1.82, 2.24) is 0 Å². The fraction of sp³-hybridized carbons (Fsp3) is 0.143. The molecule has 0 aliphatic rings. The Bertz CT molecular complexity index is 2530. The summed E-state index contributed by atoms with van der Waals surface area (Å²) >= 11 is 0. The maximum absolute atomic E-state index is 13.5. The lowest BCUT2D eigenvalue weighted by atomic mass is 9.87. The lowest BCUT2D eigenvalue weighted by Crippen LogP contribution is -2.41. The van der Waals surface area contributed by atoms with Gasteiger partial charge in [-0.3, -0.25) is 0 Å². The van der Waals surface area contributed by atoms with E-state index in [-0.39, 0.29) is 0 Å². The van der Waals surface area contributed by atoms with Crippen molar-refractivity contribution < 1.29 is 117 Å². The lowest BCUT2D eigenvalue weighted by Gasteiger charge is -2.32. The second kappa shape index (κ2) is 20.6. The quantitative estimate of drug-likeness (QED) is 0.0438. The molecule has 66 heavy (non-hydrogen) atoms. The minimum absolute atomic E-state index is 0.538. The van der Waals surface area contributed by atoms with Gasteiger partial charge in [0, 0.05) is 0 Å². The molecule has 0 atom stereocenters. The average Bonchev–Trinajstić information content (AvgIpc) is 3.27. The van der Waals surface area contributed by atoms with Gasteiger partial charge in [0.05, 0.1) is 78.8 Å². The van der Waals surface area contributed by atoms with Crippen molar-refractivity contribution in [2.45, 2.75) is 6.42 Å². The van der Waals surface area contributed by atoms with Crippen LogP contribution in [0.4, 0.5) is 0 Å². The zero-order valence-corrected chi connectivity index (χ0v) is 33.1. The van der Waals surface area contributed by atoms with Gasteiger partial charge in [0.2, 0.25) is 0 Å². The number of carboxylic acids is 8. The second-order valence-corrected chi connectivity index (χ2v) is 13.6. The third kappa shape index (κ3) is 11.7. The molecule has 4 rings (SSSR count). The number of carboxylic acid groups (broad SMARTS) is 8. The summed E-state index contributed by atoms with van der Waals surface area (Å²) in [7, 11) is 0. The zero-order chi connectivity index (χ0) is 49.2. The van der Waals surface area contributed by atoms with E-state index >= 15 is 0 Å². The summed E-state index contributed by atoms with van der Waals surface area (Å²) in [5, 5.41) is 76.3. The molecule has 0 bridgehead atoms. The van der Waals surface area contributed by atoms with Gasteiger partial charge < -0.3 is 59.8 Å². The molecule has 24 heteroatoms. The summed E-state index contributed by atoms with van der Waals surface area (Å²) in [6, 6.07) is 8.92. The molecule has 0 aliphatic heterocycles. The van der Waals surface area contributed by atoms with E-state index in [0.717, 1.165) is 48.5 Å². The Labute approximate surface area is 366 Å². The number of carbonyl (C=O) groups is 12. The summed E-state index contributed by atoms with van der Waals surface area (Å²) in [6.07, 6.45) is -0.792. The number of benzene rings is 4. The summed E-state index contributed by atoms with van der Waals surface area (Å²) < 4.78 is 21.4. The van der Waals surface area contributed by atoms with Crippen LogP contribution in [0.2, 0.25) is 0 Å². The largest absolute Gasteiger partial charge is 0.478 e. The summed E-state index contributed by atoms with van der Waals surface area (Å²) in [6.45, 7) is -4.42. The first-order valence-electron chi connectivity index (χ1n) is 18.1. The van der Waals surface area contributed by atoms with Crippen LogP contribution in [-0.2, 0) is 18.9 Å². The maximum atomic E-state index is 13.5. The van der Waals surface area contributed by atoms with E-state index in [9.17, 15) is 98.4 Å². The van der Waals surface area contributed by atoms with E-state index in [2.05, 4.69) is 0 Å². The fourth-order valence-electron chi connectivity index (χ4n) is 5.80. The Morgan fingerprint density at radius 1 is 0.318 bits per heavy atom. The minimum Gasteiger partial charge on any atom is -0.478 e. The van der Waals surface area contributed by atoms with Gasteiger partial charge in [-0.2, -0.15) is 0 Å². The molecule has 0 amide bonds. The highest BCUT2D eigenvalue weighted by atomic mass is 16.6.